The minimum absolute atomic E-state index is 0.336. The zero-order valence-electron chi connectivity index (χ0n) is 9.60. The van der Waals surface area contributed by atoms with Crippen LogP contribution in [0.3, 0.4) is 0 Å². The fraction of sp³-hybridized carbons (Fsp3) is 0.538. The molecule has 1 aliphatic carbocycles. The van der Waals surface area contributed by atoms with Gasteiger partial charge in [0, 0.05) is 12.8 Å². The SMILES string of the molecule is N#Cc1ccnc(NC2CCOC2C2CC2)c1. The summed E-state index contributed by atoms with van der Waals surface area (Å²) in [6, 6.07) is 5.99. The lowest BCUT2D eigenvalue weighted by atomic mass is 10.1. The van der Waals surface area contributed by atoms with Crippen LogP contribution in [0, 0.1) is 17.2 Å². The third kappa shape index (κ3) is 2.25. The Morgan fingerprint density at radius 3 is 3.06 bits per heavy atom. The molecule has 3 rings (SSSR count). The highest BCUT2D eigenvalue weighted by atomic mass is 16.5. The molecule has 17 heavy (non-hydrogen) atoms. The number of rotatable bonds is 3. The van der Waals surface area contributed by atoms with E-state index in [-0.39, 0.29) is 0 Å². The molecule has 0 radical (unpaired) electrons. The van der Waals surface area contributed by atoms with Gasteiger partial charge in [0.15, 0.2) is 0 Å². The Kier molecular flexibility index (Phi) is 2.69. The quantitative estimate of drug-likeness (QED) is 0.860. The highest BCUT2D eigenvalue weighted by Gasteiger charge is 2.40. The van der Waals surface area contributed by atoms with Crippen LogP contribution in [-0.2, 0) is 4.74 Å². The molecule has 2 heterocycles. The van der Waals surface area contributed by atoms with E-state index in [1.807, 2.05) is 0 Å². The zero-order chi connectivity index (χ0) is 11.7. The molecule has 0 spiro atoms. The van der Waals surface area contributed by atoms with Crippen molar-refractivity contribution in [2.24, 2.45) is 5.92 Å². The van der Waals surface area contributed by atoms with Gasteiger partial charge in [-0.15, -0.1) is 0 Å². The Balaban J connectivity index is 1.71. The van der Waals surface area contributed by atoms with Gasteiger partial charge in [-0.1, -0.05) is 0 Å². The average molecular weight is 229 g/mol. The fourth-order valence-corrected chi connectivity index (χ4v) is 2.42. The second kappa shape index (κ2) is 4.34. The summed E-state index contributed by atoms with van der Waals surface area (Å²) < 4.78 is 5.76. The van der Waals surface area contributed by atoms with Crippen molar-refractivity contribution in [1.82, 2.24) is 4.98 Å². The molecule has 0 amide bonds. The Bertz CT molecular complexity index is 450. The summed E-state index contributed by atoms with van der Waals surface area (Å²) in [6.45, 7) is 0.830. The molecule has 4 heteroatoms. The third-order valence-corrected chi connectivity index (χ3v) is 3.44. The van der Waals surface area contributed by atoms with Crippen molar-refractivity contribution in [3.8, 4) is 6.07 Å². The van der Waals surface area contributed by atoms with Gasteiger partial charge in [0.25, 0.3) is 0 Å². The van der Waals surface area contributed by atoms with Gasteiger partial charge >= 0.3 is 0 Å². The number of aromatic nitrogens is 1. The number of hydrogen-bond acceptors (Lipinski definition) is 4. The minimum atomic E-state index is 0.336. The highest BCUT2D eigenvalue weighted by Crippen LogP contribution is 2.39. The van der Waals surface area contributed by atoms with Crippen LogP contribution in [0.25, 0.3) is 0 Å². The molecule has 1 saturated heterocycles. The first-order chi connectivity index (χ1) is 8.36. The van der Waals surface area contributed by atoms with E-state index >= 15 is 0 Å². The van der Waals surface area contributed by atoms with Crippen molar-refractivity contribution in [3.63, 3.8) is 0 Å². The van der Waals surface area contributed by atoms with Gasteiger partial charge in [-0.2, -0.15) is 5.26 Å². The summed E-state index contributed by atoms with van der Waals surface area (Å²) in [6.07, 6.45) is 5.61. The molecule has 2 unspecified atom stereocenters. The number of nitrogens with zero attached hydrogens (tertiary/aromatic N) is 2. The van der Waals surface area contributed by atoms with Crippen molar-refractivity contribution < 1.29 is 4.74 Å². The number of anilines is 1. The maximum absolute atomic E-state index is 8.84. The predicted octanol–water partition coefficient (Wildman–Crippen LogP) is 1.93. The van der Waals surface area contributed by atoms with Gasteiger partial charge in [0.1, 0.15) is 5.82 Å². The molecule has 1 aromatic heterocycles. The second-order valence-electron chi connectivity index (χ2n) is 4.75. The molecule has 2 fully saturated rings. The first-order valence-corrected chi connectivity index (χ1v) is 6.11. The standard InChI is InChI=1S/C13H15N3O/c14-8-9-3-5-15-12(7-9)16-11-4-6-17-13(11)10-1-2-10/h3,5,7,10-11,13H,1-2,4,6H2,(H,15,16). The van der Waals surface area contributed by atoms with Crippen molar-refractivity contribution in [2.45, 2.75) is 31.4 Å². The van der Waals surface area contributed by atoms with Gasteiger partial charge in [-0.05, 0) is 37.3 Å². The topological polar surface area (TPSA) is 57.9 Å². The summed E-state index contributed by atoms with van der Waals surface area (Å²) in [5, 5.41) is 12.2. The molecule has 1 saturated carbocycles. The second-order valence-corrected chi connectivity index (χ2v) is 4.75. The normalized spacial score (nSPS) is 27.7. The summed E-state index contributed by atoms with van der Waals surface area (Å²) in [5.41, 5.74) is 0.643. The zero-order valence-corrected chi connectivity index (χ0v) is 9.60. The van der Waals surface area contributed by atoms with E-state index in [0.717, 1.165) is 24.8 Å². The number of hydrogen-bond donors (Lipinski definition) is 1. The highest BCUT2D eigenvalue weighted by molar-refractivity contribution is 5.43. The van der Waals surface area contributed by atoms with Crippen LogP contribution in [0.2, 0.25) is 0 Å². The Hall–Kier alpha value is -1.60. The van der Waals surface area contributed by atoms with E-state index in [1.165, 1.54) is 12.8 Å². The summed E-state index contributed by atoms with van der Waals surface area (Å²) in [4.78, 5) is 4.25. The molecule has 4 nitrogen and oxygen atoms in total. The number of nitriles is 1. The third-order valence-electron chi connectivity index (χ3n) is 3.44. The summed E-state index contributed by atoms with van der Waals surface area (Å²) in [5.74, 6) is 1.51. The summed E-state index contributed by atoms with van der Waals surface area (Å²) in [7, 11) is 0. The smallest absolute Gasteiger partial charge is 0.127 e. The van der Waals surface area contributed by atoms with Crippen LogP contribution < -0.4 is 5.32 Å². The molecule has 0 bridgehead atoms. The van der Waals surface area contributed by atoms with Gasteiger partial charge in [0.2, 0.25) is 0 Å². The number of ether oxygens (including phenoxy) is 1. The Labute approximate surface area is 101 Å². The summed E-state index contributed by atoms with van der Waals surface area (Å²) >= 11 is 0. The lowest BCUT2D eigenvalue weighted by Crippen LogP contribution is -2.31. The van der Waals surface area contributed by atoms with Crippen LogP contribution in [-0.4, -0.2) is 23.7 Å². The molecule has 88 valence electrons. The number of nitrogens with one attached hydrogen (secondary N) is 1. The average Bonchev–Trinajstić information content (AvgIpc) is 3.11. The molecule has 2 atom stereocenters. The van der Waals surface area contributed by atoms with Crippen LogP contribution in [0.4, 0.5) is 5.82 Å². The Morgan fingerprint density at radius 2 is 2.29 bits per heavy atom. The minimum Gasteiger partial charge on any atom is -0.376 e. The first-order valence-electron chi connectivity index (χ1n) is 6.11. The van der Waals surface area contributed by atoms with E-state index < -0.39 is 0 Å². The van der Waals surface area contributed by atoms with Gasteiger partial charge in [-0.3, -0.25) is 0 Å². The fourth-order valence-electron chi connectivity index (χ4n) is 2.42. The van der Waals surface area contributed by atoms with E-state index in [0.29, 0.717) is 17.7 Å². The monoisotopic (exact) mass is 229 g/mol. The Morgan fingerprint density at radius 1 is 1.41 bits per heavy atom. The molecule has 1 aromatic rings. The van der Waals surface area contributed by atoms with Crippen LogP contribution in [0.5, 0.6) is 0 Å². The van der Waals surface area contributed by atoms with Gasteiger partial charge < -0.3 is 10.1 Å². The molecule has 0 aromatic carbocycles. The molecule has 2 aliphatic rings. The van der Waals surface area contributed by atoms with Crippen LogP contribution in [0.1, 0.15) is 24.8 Å². The predicted molar refractivity (Wildman–Crippen MR) is 63.4 cm³/mol. The van der Waals surface area contributed by atoms with Crippen LogP contribution in [0.15, 0.2) is 18.3 Å². The molecule has 1 aliphatic heterocycles. The lowest BCUT2D eigenvalue weighted by Gasteiger charge is -2.19. The van der Waals surface area contributed by atoms with Crippen molar-refractivity contribution in [1.29, 1.82) is 5.26 Å². The molecular weight excluding hydrogens is 214 g/mol. The maximum Gasteiger partial charge on any atom is 0.127 e. The maximum atomic E-state index is 8.84. The van der Waals surface area contributed by atoms with Crippen LogP contribution >= 0.6 is 0 Å². The van der Waals surface area contributed by atoms with E-state index in [2.05, 4.69) is 16.4 Å². The first kappa shape index (κ1) is 10.5. The van der Waals surface area contributed by atoms with Crippen molar-refractivity contribution in [3.05, 3.63) is 23.9 Å². The van der Waals surface area contributed by atoms with Crippen molar-refractivity contribution in [2.75, 3.05) is 11.9 Å². The largest absolute Gasteiger partial charge is 0.376 e. The van der Waals surface area contributed by atoms with E-state index in [1.54, 1.807) is 18.3 Å². The van der Waals surface area contributed by atoms with Gasteiger partial charge in [0.05, 0.1) is 23.8 Å². The van der Waals surface area contributed by atoms with E-state index in [4.69, 9.17) is 10.00 Å². The van der Waals surface area contributed by atoms with E-state index in [9.17, 15) is 0 Å². The number of pyridine rings is 1. The molecular formula is C13H15N3O. The van der Waals surface area contributed by atoms with Gasteiger partial charge in [-0.25, -0.2) is 4.98 Å². The van der Waals surface area contributed by atoms with Crippen molar-refractivity contribution >= 4 is 5.82 Å². The molecule has 1 N–H and O–H groups in total. The lowest BCUT2D eigenvalue weighted by molar-refractivity contribution is 0.0898.